The molecular weight excluding hydrogens is 230 g/mol. The molecule has 3 heteroatoms. The summed E-state index contributed by atoms with van der Waals surface area (Å²) in [5.74, 6) is 3.59. The van der Waals surface area contributed by atoms with E-state index in [2.05, 4.69) is 35.3 Å². The highest BCUT2D eigenvalue weighted by Crippen LogP contribution is 2.17. The summed E-state index contributed by atoms with van der Waals surface area (Å²) in [4.78, 5) is 0. The average Bonchev–Trinajstić information content (AvgIpc) is 2.40. The lowest BCUT2D eigenvalue weighted by Crippen LogP contribution is -2.33. The standard InChI is InChI=1S/C14H21NOS/c1-16-14-4-2-3-12(11-14)5-8-15-13-6-9-17-10-7-13/h2-4,11,13,15H,5-10H2,1H3. The number of hydrogen-bond donors (Lipinski definition) is 1. The maximum absolute atomic E-state index is 5.23. The number of methoxy groups -OCH3 is 1. The lowest BCUT2D eigenvalue weighted by molar-refractivity contribution is 0.414. The van der Waals surface area contributed by atoms with Crippen molar-refractivity contribution >= 4 is 11.8 Å². The molecule has 1 aromatic carbocycles. The van der Waals surface area contributed by atoms with Gasteiger partial charge >= 0.3 is 0 Å². The van der Waals surface area contributed by atoms with Crippen molar-refractivity contribution in [2.75, 3.05) is 25.2 Å². The molecule has 1 heterocycles. The minimum Gasteiger partial charge on any atom is -0.497 e. The van der Waals surface area contributed by atoms with Crippen molar-refractivity contribution in [2.24, 2.45) is 0 Å². The Morgan fingerprint density at radius 1 is 1.35 bits per heavy atom. The van der Waals surface area contributed by atoms with Crippen LogP contribution in [0.4, 0.5) is 0 Å². The van der Waals surface area contributed by atoms with Crippen LogP contribution in [-0.4, -0.2) is 31.2 Å². The maximum atomic E-state index is 5.23. The van der Waals surface area contributed by atoms with Gasteiger partial charge in [0.05, 0.1) is 7.11 Å². The maximum Gasteiger partial charge on any atom is 0.119 e. The van der Waals surface area contributed by atoms with Gasteiger partial charge in [-0.05, 0) is 55.0 Å². The molecule has 0 radical (unpaired) electrons. The molecule has 0 aliphatic carbocycles. The largest absolute Gasteiger partial charge is 0.497 e. The molecule has 2 nitrogen and oxygen atoms in total. The molecule has 0 spiro atoms. The molecule has 0 unspecified atom stereocenters. The van der Waals surface area contributed by atoms with E-state index in [9.17, 15) is 0 Å². The van der Waals surface area contributed by atoms with Crippen LogP contribution < -0.4 is 10.1 Å². The van der Waals surface area contributed by atoms with E-state index in [1.54, 1.807) is 7.11 Å². The number of benzene rings is 1. The summed E-state index contributed by atoms with van der Waals surface area (Å²) in [5, 5.41) is 3.65. The Morgan fingerprint density at radius 2 is 2.18 bits per heavy atom. The predicted octanol–water partition coefficient (Wildman–Crippen LogP) is 2.72. The van der Waals surface area contributed by atoms with E-state index in [0.717, 1.165) is 24.8 Å². The van der Waals surface area contributed by atoms with Gasteiger partial charge in [-0.2, -0.15) is 11.8 Å². The average molecular weight is 251 g/mol. The Hall–Kier alpha value is -0.670. The zero-order chi connectivity index (χ0) is 11.9. The van der Waals surface area contributed by atoms with Crippen molar-refractivity contribution in [3.8, 4) is 5.75 Å². The van der Waals surface area contributed by atoms with Crippen molar-refractivity contribution in [3.05, 3.63) is 29.8 Å². The number of nitrogens with one attached hydrogen (secondary N) is 1. The SMILES string of the molecule is COc1cccc(CCNC2CCSCC2)c1. The Balaban J connectivity index is 1.73. The van der Waals surface area contributed by atoms with Gasteiger partial charge in [0.15, 0.2) is 0 Å². The number of thioether (sulfide) groups is 1. The first-order valence-electron chi connectivity index (χ1n) is 6.32. The van der Waals surface area contributed by atoms with Crippen LogP contribution >= 0.6 is 11.8 Å². The molecule has 0 amide bonds. The van der Waals surface area contributed by atoms with E-state index >= 15 is 0 Å². The van der Waals surface area contributed by atoms with Crippen LogP contribution in [0.1, 0.15) is 18.4 Å². The smallest absolute Gasteiger partial charge is 0.119 e. The van der Waals surface area contributed by atoms with Gasteiger partial charge in [0.1, 0.15) is 5.75 Å². The van der Waals surface area contributed by atoms with Crippen LogP contribution in [-0.2, 0) is 6.42 Å². The third kappa shape index (κ3) is 4.25. The predicted molar refractivity (Wildman–Crippen MR) is 75.0 cm³/mol. The van der Waals surface area contributed by atoms with Crippen LogP contribution in [0.15, 0.2) is 24.3 Å². The molecule has 0 atom stereocenters. The topological polar surface area (TPSA) is 21.3 Å². The van der Waals surface area contributed by atoms with Gasteiger partial charge in [0.25, 0.3) is 0 Å². The second-order valence-electron chi connectivity index (χ2n) is 4.44. The number of rotatable bonds is 5. The van der Waals surface area contributed by atoms with E-state index < -0.39 is 0 Å². The molecule has 1 fully saturated rings. The summed E-state index contributed by atoms with van der Waals surface area (Å²) >= 11 is 2.08. The highest BCUT2D eigenvalue weighted by atomic mass is 32.2. The normalized spacial score (nSPS) is 17.0. The van der Waals surface area contributed by atoms with Gasteiger partial charge in [0, 0.05) is 6.04 Å². The molecule has 1 saturated heterocycles. The first-order chi connectivity index (χ1) is 8.38. The fourth-order valence-electron chi connectivity index (χ4n) is 2.15. The fourth-order valence-corrected chi connectivity index (χ4v) is 3.26. The molecule has 1 aliphatic rings. The first kappa shape index (κ1) is 12.8. The van der Waals surface area contributed by atoms with Crippen molar-refractivity contribution in [1.82, 2.24) is 5.32 Å². The summed E-state index contributed by atoms with van der Waals surface area (Å²) in [5.41, 5.74) is 1.35. The third-order valence-corrected chi connectivity index (χ3v) is 4.25. The quantitative estimate of drug-likeness (QED) is 0.869. The Labute approximate surface area is 108 Å². The summed E-state index contributed by atoms with van der Waals surface area (Å²) in [6, 6.07) is 9.09. The molecule has 0 bridgehead atoms. The fraction of sp³-hybridized carbons (Fsp3) is 0.571. The van der Waals surface area contributed by atoms with E-state index in [-0.39, 0.29) is 0 Å². The number of ether oxygens (including phenoxy) is 1. The van der Waals surface area contributed by atoms with E-state index in [0.29, 0.717) is 0 Å². The molecular formula is C14H21NOS. The van der Waals surface area contributed by atoms with Crippen LogP contribution in [0.25, 0.3) is 0 Å². The molecule has 1 aromatic rings. The summed E-state index contributed by atoms with van der Waals surface area (Å²) in [6.45, 7) is 1.07. The number of hydrogen-bond acceptors (Lipinski definition) is 3. The van der Waals surface area contributed by atoms with Crippen LogP contribution in [0.5, 0.6) is 5.75 Å². The van der Waals surface area contributed by atoms with Crippen LogP contribution in [0, 0.1) is 0 Å². The Morgan fingerprint density at radius 3 is 2.94 bits per heavy atom. The molecule has 94 valence electrons. The van der Waals surface area contributed by atoms with Gasteiger partial charge in [0.2, 0.25) is 0 Å². The van der Waals surface area contributed by atoms with Gasteiger partial charge < -0.3 is 10.1 Å². The van der Waals surface area contributed by atoms with Gasteiger partial charge in [-0.1, -0.05) is 12.1 Å². The van der Waals surface area contributed by atoms with Crippen molar-refractivity contribution in [1.29, 1.82) is 0 Å². The van der Waals surface area contributed by atoms with Crippen LogP contribution in [0.3, 0.4) is 0 Å². The molecule has 1 N–H and O–H groups in total. The monoisotopic (exact) mass is 251 g/mol. The van der Waals surface area contributed by atoms with E-state index in [1.165, 1.54) is 29.9 Å². The van der Waals surface area contributed by atoms with Crippen molar-refractivity contribution in [3.63, 3.8) is 0 Å². The Bertz CT molecular complexity index is 337. The van der Waals surface area contributed by atoms with E-state index in [4.69, 9.17) is 4.74 Å². The molecule has 2 rings (SSSR count). The lowest BCUT2D eigenvalue weighted by Gasteiger charge is -2.22. The molecule has 17 heavy (non-hydrogen) atoms. The molecule has 0 aromatic heterocycles. The zero-order valence-corrected chi connectivity index (χ0v) is 11.3. The second-order valence-corrected chi connectivity index (χ2v) is 5.67. The summed E-state index contributed by atoms with van der Waals surface area (Å²) in [7, 11) is 1.72. The summed E-state index contributed by atoms with van der Waals surface area (Å²) in [6.07, 6.45) is 3.73. The highest BCUT2D eigenvalue weighted by molar-refractivity contribution is 7.99. The Kier molecular flexibility index (Phi) is 5.20. The van der Waals surface area contributed by atoms with Crippen LogP contribution in [0.2, 0.25) is 0 Å². The lowest BCUT2D eigenvalue weighted by atomic mass is 10.1. The van der Waals surface area contributed by atoms with Crippen molar-refractivity contribution in [2.45, 2.75) is 25.3 Å². The first-order valence-corrected chi connectivity index (χ1v) is 7.48. The van der Waals surface area contributed by atoms with Gasteiger partial charge in [-0.25, -0.2) is 0 Å². The minimum atomic E-state index is 0.738. The van der Waals surface area contributed by atoms with Crippen molar-refractivity contribution < 1.29 is 4.74 Å². The third-order valence-electron chi connectivity index (χ3n) is 3.20. The van der Waals surface area contributed by atoms with Gasteiger partial charge in [-0.3, -0.25) is 0 Å². The van der Waals surface area contributed by atoms with E-state index in [1.807, 2.05) is 6.07 Å². The molecule has 0 saturated carbocycles. The van der Waals surface area contributed by atoms with Gasteiger partial charge in [-0.15, -0.1) is 0 Å². The second kappa shape index (κ2) is 6.92. The summed E-state index contributed by atoms with van der Waals surface area (Å²) < 4.78 is 5.23. The molecule has 1 aliphatic heterocycles. The zero-order valence-electron chi connectivity index (χ0n) is 10.4. The minimum absolute atomic E-state index is 0.738. The highest BCUT2D eigenvalue weighted by Gasteiger charge is 2.12.